The minimum Gasteiger partial charge on any atom is -0.494 e. The van der Waals surface area contributed by atoms with Crippen molar-refractivity contribution in [2.75, 3.05) is 6.61 Å². The molecule has 1 aromatic carbocycles. The van der Waals surface area contributed by atoms with Crippen molar-refractivity contribution in [3.05, 3.63) is 54.0 Å². The zero-order valence-corrected chi connectivity index (χ0v) is 9.07. The minimum atomic E-state index is 0.645. The maximum Gasteiger partial charge on any atom is 0.133 e. The van der Waals surface area contributed by atoms with Crippen LogP contribution in [0.25, 0.3) is 16.5 Å². The van der Waals surface area contributed by atoms with Crippen molar-refractivity contribution >= 4 is 16.5 Å². The van der Waals surface area contributed by atoms with Gasteiger partial charge in [-0.05, 0) is 42.3 Å². The third-order valence-corrected chi connectivity index (χ3v) is 2.80. The largest absolute Gasteiger partial charge is 0.494 e. The molecule has 0 spiro atoms. The Kier molecular flexibility index (Phi) is 2.07. The summed E-state index contributed by atoms with van der Waals surface area (Å²) in [5.74, 6) is 0.966. The van der Waals surface area contributed by atoms with E-state index in [1.165, 1.54) is 11.1 Å². The summed E-state index contributed by atoms with van der Waals surface area (Å²) in [4.78, 5) is 0. The summed E-state index contributed by atoms with van der Waals surface area (Å²) in [5.41, 5.74) is 3.32. The normalized spacial score (nSPS) is 15.6. The van der Waals surface area contributed by atoms with E-state index in [9.17, 15) is 0 Å². The van der Waals surface area contributed by atoms with E-state index in [0.29, 0.717) is 6.61 Å². The average molecular weight is 212 g/mol. The quantitative estimate of drug-likeness (QED) is 0.718. The Morgan fingerprint density at radius 1 is 1.12 bits per heavy atom. The second-order valence-electron chi connectivity index (χ2n) is 3.93. The summed E-state index contributed by atoms with van der Waals surface area (Å²) in [6, 6.07) is 8.17. The number of benzene rings is 1. The molecule has 0 fully saturated rings. The molecule has 0 aliphatic carbocycles. The molecule has 3 rings (SSSR count). The molecule has 0 atom stereocenters. The van der Waals surface area contributed by atoms with Crippen LogP contribution in [-0.4, -0.2) is 6.61 Å². The first-order valence-electron chi connectivity index (χ1n) is 5.31. The zero-order valence-electron chi connectivity index (χ0n) is 9.07. The van der Waals surface area contributed by atoms with Gasteiger partial charge in [0.25, 0.3) is 0 Å². The molecule has 2 aromatic rings. The van der Waals surface area contributed by atoms with E-state index < -0.39 is 0 Å². The summed E-state index contributed by atoms with van der Waals surface area (Å²) in [5, 5.41) is 1.13. The van der Waals surface area contributed by atoms with Crippen LogP contribution >= 0.6 is 0 Å². The number of rotatable bonds is 1. The van der Waals surface area contributed by atoms with Crippen LogP contribution in [0.5, 0.6) is 0 Å². The number of hydrogen-bond donors (Lipinski definition) is 0. The highest BCUT2D eigenvalue weighted by Crippen LogP contribution is 2.24. The van der Waals surface area contributed by atoms with Crippen molar-refractivity contribution in [1.29, 1.82) is 0 Å². The molecule has 0 bridgehead atoms. The lowest BCUT2D eigenvalue weighted by Gasteiger charge is -2.14. The Morgan fingerprint density at radius 3 is 2.88 bits per heavy atom. The highest BCUT2D eigenvalue weighted by atomic mass is 16.5. The molecular formula is C14H12O2. The molecule has 0 unspecified atom stereocenters. The highest BCUT2D eigenvalue weighted by molar-refractivity contribution is 5.83. The number of furan rings is 1. The lowest BCUT2D eigenvalue weighted by molar-refractivity contribution is 0.252. The van der Waals surface area contributed by atoms with Gasteiger partial charge in [0.05, 0.1) is 12.0 Å². The average Bonchev–Trinajstić information content (AvgIpc) is 2.77. The van der Waals surface area contributed by atoms with Crippen molar-refractivity contribution in [2.24, 2.45) is 0 Å². The third-order valence-electron chi connectivity index (χ3n) is 2.80. The maximum absolute atomic E-state index is 5.51. The van der Waals surface area contributed by atoms with Crippen molar-refractivity contribution < 1.29 is 9.15 Å². The van der Waals surface area contributed by atoms with E-state index in [2.05, 4.69) is 18.2 Å². The molecule has 0 saturated carbocycles. The van der Waals surface area contributed by atoms with Crippen molar-refractivity contribution in [3.8, 4) is 0 Å². The van der Waals surface area contributed by atoms with Crippen LogP contribution in [0.3, 0.4) is 0 Å². The monoisotopic (exact) mass is 212 g/mol. The van der Waals surface area contributed by atoms with E-state index in [4.69, 9.17) is 9.15 Å². The van der Waals surface area contributed by atoms with Gasteiger partial charge in [0.2, 0.25) is 0 Å². The fourth-order valence-electron chi connectivity index (χ4n) is 1.85. The van der Waals surface area contributed by atoms with Gasteiger partial charge in [0.15, 0.2) is 0 Å². The predicted octanol–water partition coefficient (Wildman–Crippen LogP) is 3.75. The Balaban J connectivity index is 2.05. The molecule has 0 saturated heterocycles. The van der Waals surface area contributed by atoms with Gasteiger partial charge in [-0.1, -0.05) is 12.1 Å². The second kappa shape index (κ2) is 3.56. The Morgan fingerprint density at radius 2 is 2.06 bits per heavy atom. The van der Waals surface area contributed by atoms with Gasteiger partial charge in [-0.15, -0.1) is 0 Å². The molecule has 0 N–H and O–H groups in total. The summed E-state index contributed by atoms with van der Waals surface area (Å²) >= 11 is 0. The smallest absolute Gasteiger partial charge is 0.133 e. The maximum atomic E-state index is 5.51. The second-order valence-corrected chi connectivity index (χ2v) is 3.93. The molecule has 80 valence electrons. The molecule has 2 heteroatoms. The van der Waals surface area contributed by atoms with Gasteiger partial charge in [-0.25, -0.2) is 0 Å². The summed E-state index contributed by atoms with van der Waals surface area (Å²) in [6.07, 6.45) is 5.82. The van der Waals surface area contributed by atoms with Crippen LogP contribution in [0.1, 0.15) is 12.5 Å². The lowest BCUT2D eigenvalue weighted by Crippen LogP contribution is -2.00. The van der Waals surface area contributed by atoms with Crippen LogP contribution in [0, 0.1) is 0 Å². The Hall–Kier alpha value is -1.96. The number of allylic oxidation sites excluding steroid dienone is 3. The fraction of sp³-hybridized carbons (Fsp3) is 0.143. The SMILES string of the molecule is CC1=CC=C(c2ccc3occc3c2)CO1. The molecule has 2 nitrogen and oxygen atoms in total. The number of hydrogen-bond acceptors (Lipinski definition) is 2. The third kappa shape index (κ3) is 1.52. The molecule has 1 aliphatic heterocycles. The zero-order chi connectivity index (χ0) is 11.0. The van der Waals surface area contributed by atoms with Crippen LogP contribution in [0.4, 0.5) is 0 Å². The van der Waals surface area contributed by atoms with E-state index in [1.54, 1.807) is 6.26 Å². The van der Waals surface area contributed by atoms with Crippen molar-refractivity contribution in [1.82, 2.24) is 0 Å². The first kappa shape index (κ1) is 9.28. The van der Waals surface area contributed by atoms with Gasteiger partial charge in [-0.2, -0.15) is 0 Å². The van der Waals surface area contributed by atoms with Crippen LogP contribution in [0.2, 0.25) is 0 Å². The molecule has 1 aliphatic rings. The highest BCUT2D eigenvalue weighted by Gasteiger charge is 2.07. The van der Waals surface area contributed by atoms with E-state index in [-0.39, 0.29) is 0 Å². The van der Waals surface area contributed by atoms with Gasteiger partial charge >= 0.3 is 0 Å². The van der Waals surface area contributed by atoms with Gasteiger partial charge in [-0.3, -0.25) is 0 Å². The van der Waals surface area contributed by atoms with E-state index in [0.717, 1.165) is 16.7 Å². The number of fused-ring (bicyclic) bond motifs is 1. The van der Waals surface area contributed by atoms with E-state index >= 15 is 0 Å². The van der Waals surface area contributed by atoms with Gasteiger partial charge in [0.1, 0.15) is 12.2 Å². The van der Waals surface area contributed by atoms with E-state index in [1.807, 2.05) is 25.1 Å². The van der Waals surface area contributed by atoms with Crippen molar-refractivity contribution in [3.63, 3.8) is 0 Å². The Labute approximate surface area is 93.8 Å². The van der Waals surface area contributed by atoms with Crippen LogP contribution < -0.4 is 0 Å². The molecular weight excluding hydrogens is 200 g/mol. The predicted molar refractivity (Wildman–Crippen MR) is 63.9 cm³/mol. The summed E-state index contributed by atoms with van der Waals surface area (Å²) in [7, 11) is 0. The van der Waals surface area contributed by atoms with Gasteiger partial charge < -0.3 is 9.15 Å². The molecule has 16 heavy (non-hydrogen) atoms. The molecule has 1 aromatic heterocycles. The summed E-state index contributed by atoms with van der Waals surface area (Å²) < 4.78 is 10.8. The Bertz CT molecular complexity index is 588. The number of ether oxygens (including phenoxy) is 1. The standard InChI is InChI=1S/C14H12O2/c1-10-2-3-13(9-16-10)11-4-5-14-12(8-11)6-7-15-14/h2-8H,9H2,1H3. The van der Waals surface area contributed by atoms with Crippen LogP contribution in [0.15, 0.2) is 52.9 Å². The molecule has 2 heterocycles. The molecule has 0 radical (unpaired) electrons. The first-order chi connectivity index (χ1) is 7.83. The first-order valence-corrected chi connectivity index (χ1v) is 5.31. The summed E-state index contributed by atoms with van der Waals surface area (Å²) in [6.45, 7) is 2.61. The van der Waals surface area contributed by atoms with Crippen LogP contribution in [-0.2, 0) is 4.74 Å². The fourth-order valence-corrected chi connectivity index (χ4v) is 1.85. The molecule has 0 amide bonds. The van der Waals surface area contributed by atoms with Crippen molar-refractivity contribution in [2.45, 2.75) is 6.92 Å². The van der Waals surface area contributed by atoms with Gasteiger partial charge in [0, 0.05) is 5.39 Å². The topological polar surface area (TPSA) is 22.4 Å². The minimum absolute atomic E-state index is 0.645. The lowest BCUT2D eigenvalue weighted by atomic mass is 10.0.